The number of nitrogens with zero attached hydrogens (tertiary/aromatic N) is 4. The van der Waals surface area contributed by atoms with E-state index in [1.807, 2.05) is 24.3 Å². The molecule has 0 saturated heterocycles. The molecule has 28 heavy (non-hydrogen) atoms. The largest absolute Gasteiger partial charge is 0.497 e. The second-order valence-corrected chi connectivity index (χ2v) is 7.68. The highest BCUT2D eigenvalue weighted by atomic mass is 32.1. The van der Waals surface area contributed by atoms with Crippen molar-refractivity contribution >= 4 is 11.3 Å². The first-order valence-corrected chi connectivity index (χ1v) is 9.97. The number of hydrogen-bond donors (Lipinski definition) is 0. The summed E-state index contributed by atoms with van der Waals surface area (Å²) in [7, 11) is 3.34. The average molecular weight is 398 g/mol. The van der Waals surface area contributed by atoms with Gasteiger partial charge in [0.2, 0.25) is 0 Å². The first-order valence-electron chi connectivity index (χ1n) is 9.09. The van der Waals surface area contributed by atoms with Crippen molar-refractivity contribution < 1.29 is 9.47 Å². The van der Waals surface area contributed by atoms with Crippen molar-refractivity contribution in [3.8, 4) is 11.5 Å². The second-order valence-electron chi connectivity index (χ2n) is 6.74. The van der Waals surface area contributed by atoms with Gasteiger partial charge in [0, 0.05) is 44.5 Å². The molecule has 146 valence electrons. The van der Waals surface area contributed by atoms with E-state index in [4.69, 9.17) is 9.47 Å². The molecule has 3 heterocycles. The van der Waals surface area contributed by atoms with Crippen molar-refractivity contribution in [1.29, 1.82) is 0 Å². The van der Waals surface area contributed by atoms with E-state index >= 15 is 0 Å². The molecule has 0 aliphatic carbocycles. The molecule has 0 atom stereocenters. The molecule has 0 N–H and O–H groups in total. The molecule has 8 heteroatoms. The third-order valence-corrected chi connectivity index (χ3v) is 5.59. The van der Waals surface area contributed by atoms with Crippen molar-refractivity contribution in [2.24, 2.45) is 7.05 Å². The molecule has 0 unspecified atom stereocenters. The van der Waals surface area contributed by atoms with Crippen LogP contribution >= 0.6 is 11.3 Å². The lowest BCUT2D eigenvalue weighted by molar-refractivity contribution is 0.238. The average Bonchev–Trinajstić information content (AvgIpc) is 3.15. The maximum atomic E-state index is 11.8. The lowest BCUT2D eigenvalue weighted by atomic mass is 10.1. The molecule has 0 radical (unpaired) electrons. The number of thiazole rings is 1. The maximum absolute atomic E-state index is 11.8. The summed E-state index contributed by atoms with van der Waals surface area (Å²) in [6.45, 7) is 2.84. The SMILES string of the molecule is COc1ccc(OCc2nc(CN3CCc4nn(C)c(=O)cc4C3)cs2)cc1. The summed E-state index contributed by atoms with van der Waals surface area (Å²) in [5.74, 6) is 1.60. The van der Waals surface area contributed by atoms with Crippen LogP contribution in [0.1, 0.15) is 22.0 Å². The Hall–Kier alpha value is -2.71. The Kier molecular flexibility index (Phi) is 5.40. The van der Waals surface area contributed by atoms with Gasteiger partial charge >= 0.3 is 0 Å². The standard InChI is InChI=1S/C20H22N4O3S/c1-23-20(25)9-14-10-24(8-7-18(14)22-23)11-15-13-28-19(21-15)12-27-17-5-3-16(26-2)4-6-17/h3-6,9,13H,7-8,10-12H2,1-2H3. The van der Waals surface area contributed by atoms with Gasteiger partial charge in [-0.15, -0.1) is 11.3 Å². The minimum atomic E-state index is -0.0628. The first kappa shape index (κ1) is 18.6. The van der Waals surface area contributed by atoms with Crippen LogP contribution in [0.3, 0.4) is 0 Å². The Morgan fingerprint density at radius 3 is 2.79 bits per heavy atom. The van der Waals surface area contributed by atoms with Gasteiger partial charge in [-0.1, -0.05) is 0 Å². The molecular weight excluding hydrogens is 376 g/mol. The number of aromatic nitrogens is 3. The van der Waals surface area contributed by atoms with Gasteiger partial charge in [-0.05, 0) is 29.8 Å². The number of rotatable bonds is 6. The highest BCUT2D eigenvalue weighted by Gasteiger charge is 2.19. The smallest absolute Gasteiger partial charge is 0.266 e. The molecule has 1 aliphatic rings. The molecule has 0 bridgehead atoms. The van der Waals surface area contributed by atoms with Crippen molar-refractivity contribution in [2.45, 2.75) is 26.1 Å². The van der Waals surface area contributed by atoms with Crippen LogP contribution in [-0.2, 0) is 33.2 Å². The number of ether oxygens (including phenoxy) is 2. The lowest BCUT2D eigenvalue weighted by Gasteiger charge is -2.27. The van der Waals surface area contributed by atoms with E-state index in [2.05, 4.69) is 20.4 Å². The summed E-state index contributed by atoms with van der Waals surface area (Å²) >= 11 is 1.60. The molecule has 0 amide bonds. The predicted octanol–water partition coefficient (Wildman–Crippen LogP) is 2.38. The van der Waals surface area contributed by atoms with E-state index in [0.29, 0.717) is 6.61 Å². The fraction of sp³-hybridized carbons (Fsp3) is 0.350. The van der Waals surface area contributed by atoms with Gasteiger partial charge in [0.05, 0.1) is 18.5 Å². The van der Waals surface area contributed by atoms with Crippen LogP contribution in [0.5, 0.6) is 11.5 Å². The second kappa shape index (κ2) is 8.12. The summed E-state index contributed by atoms with van der Waals surface area (Å²) in [5.41, 5.74) is 3.00. The number of benzene rings is 1. The van der Waals surface area contributed by atoms with Gasteiger partial charge in [-0.25, -0.2) is 9.67 Å². The Bertz CT molecular complexity index is 1010. The van der Waals surface area contributed by atoms with E-state index in [9.17, 15) is 4.79 Å². The van der Waals surface area contributed by atoms with E-state index in [1.165, 1.54) is 4.68 Å². The zero-order valence-electron chi connectivity index (χ0n) is 15.9. The molecular formula is C20H22N4O3S. The summed E-state index contributed by atoms with van der Waals surface area (Å²) in [4.78, 5) is 18.8. The quantitative estimate of drug-likeness (QED) is 0.635. The van der Waals surface area contributed by atoms with Gasteiger partial charge in [0.1, 0.15) is 23.1 Å². The molecule has 2 aromatic heterocycles. The van der Waals surface area contributed by atoms with E-state index in [1.54, 1.807) is 31.6 Å². The molecule has 4 rings (SSSR count). The molecule has 1 aliphatic heterocycles. The summed E-state index contributed by atoms with van der Waals surface area (Å²) in [6, 6.07) is 9.22. The zero-order valence-corrected chi connectivity index (χ0v) is 16.7. The fourth-order valence-corrected chi connectivity index (χ4v) is 3.92. The van der Waals surface area contributed by atoms with Crippen molar-refractivity contribution in [2.75, 3.05) is 13.7 Å². The zero-order chi connectivity index (χ0) is 19.5. The van der Waals surface area contributed by atoms with Crippen LogP contribution in [0.4, 0.5) is 0 Å². The summed E-state index contributed by atoms with van der Waals surface area (Å²) in [6.07, 6.45) is 0.848. The molecule has 3 aromatic rings. The van der Waals surface area contributed by atoms with Crippen LogP contribution in [0.25, 0.3) is 0 Å². The van der Waals surface area contributed by atoms with E-state index in [0.717, 1.165) is 59.5 Å². The maximum Gasteiger partial charge on any atom is 0.266 e. The Labute approximate surface area is 167 Å². The topological polar surface area (TPSA) is 69.5 Å². The molecule has 0 spiro atoms. The monoisotopic (exact) mass is 398 g/mol. The van der Waals surface area contributed by atoms with Crippen LogP contribution < -0.4 is 15.0 Å². The summed E-state index contributed by atoms with van der Waals surface area (Å²) < 4.78 is 12.4. The van der Waals surface area contributed by atoms with Crippen molar-refractivity contribution in [3.63, 3.8) is 0 Å². The highest BCUT2D eigenvalue weighted by molar-refractivity contribution is 7.09. The van der Waals surface area contributed by atoms with Gasteiger partial charge in [0.25, 0.3) is 5.56 Å². The number of aryl methyl sites for hydroxylation is 1. The molecule has 0 saturated carbocycles. The number of fused-ring (bicyclic) bond motifs is 1. The first-order chi connectivity index (χ1) is 13.6. The van der Waals surface area contributed by atoms with E-state index in [-0.39, 0.29) is 5.56 Å². The summed E-state index contributed by atoms with van der Waals surface area (Å²) in [5, 5.41) is 7.38. The van der Waals surface area contributed by atoms with Crippen LogP contribution in [0.2, 0.25) is 0 Å². The minimum absolute atomic E-state index is 0.0628. The third kappa shape index (κ3) is 4.23. The third-order valence-electron chi connectivity index (χ3n) is 4.72. The van der Waals surface area contributed by atoms with Crippen molar-refractivity contribution in [1.82, 2.24) is 19.7 Å². The van der Waals surface area contributed by atoms with Gasteiger partial charge in [-0.3, -0.25) is 9.69 Å². The van der Waals surface area contributed by atoms with E-state index < -0.39 is 0 Å². The number of methoxy groups -OCH3 is 1. The van der Waals surface area contributed by atoms with Crippen LogP contribution in [0, 0.1) is 0 Å². The lowest BCUT2D eigenvalue weighted by Crippen LogP contribution is -2.34. The number of hydrogen-bond acceptors (Lipinski definition) is 7. The Morgan fingerprint density at radius 2 is 2.00 bits per heavy atom. The minimum Gasteiger partial charge on any atom is -0.497 e. The Balaban J connectivity index is 1.34. The Morgan fingerprint density at radius 1 is 1.21 bits per heavy atom. The highest BCUT2D eigenvalue weighted by Crippen LogP contribution is 2.21. The van der Waals surface area contributed by atoms with Crippen LogP contribution in [0.15, 0.2) is 40.5 Å². The normalized spacial score (nSPS) is 13.9. The molecule has 1 aromatic carbocycles. The van der Waals surface area contributed by atoms with Gasteiger partial charge in [-0.2, -0.15) is 5.10 Å². The molecule has 7 nitrogen and oxygen atoms in total. The fourth-order valence-electron chi connectivity index (χ4n) is 3.22. The molecule has 0 fully saturated rings. The van der Waals surface area contributed by atoms with Gasteiger partial charge < -0.3 is 9.47 Å². The van der Waals surface area contributed by atoms with Crippen molar-refractivity contribution in [3.05, 3.63) is 68.0 Å². The van der Waals surface area contributed by atoms with Crippen LogP contribution in [-0.4, -0.2) is 33.3 Å². The van der Waals surface area contributed by atoms with Gasteiger partial charge in [0.15, 0.2) is 0 Å². The predicted molar refractivity (Wildman–Crippen MR) is 107 cm³/mol.